The Kier molecular flexibility index (Phi) is 4.87. The van der Waals surface area contributed by atoms with Gasteiger partial charge in [0.2, 0.25) is 0 Å². The maximum Gasteiger partial charge on any atom is 0.317 e. The topological polar surface area (TPSA) is 84.9 Å². The Labute approximate surface area is 102 Å². The van der Waals surface area contributed by atoms with Gasteiger partial charge in [-0.25, -0.2) is 4.98 Å². The molecule has 0 aliphatic rings. The third kappa shape index (κ3) is 4.38. The van der Waals surface area contributed by atoms with Crippen molar-refractivity contribution in [3.05, 3.63) is 17.5 Å². The molecular formula is C12H20N4O. The first-order valence-electron chi connectivity index (χ1n) is 5.85. The zero-order chi connectivity index (χ0) is 12.8. The Morgan fingerprint density at radius 2 is 2.24 bits per heavy atom. The molecule has 0 amide bonds. The lowest BCUT2D eigenvalue weighted by Gasteiger charge is -2.11. The SMILES string of the molecule is CCCC(C)COc1nc(C)cc(C(=N)N)n1. The molecule has 1 aromatic rings. The molecule has 1 atom stereocenters. The number of nitrogens with two attached hydrogens (primary N) is 1. The number of aryl methyl sites for hydroxylation is 1. The molecule has 17 heavy (non-hydrogen) atoms. The van der Waals surface area contributed by atoms with Crippen LogP contribution in [0.5, 0.6) is 6.01 Å². The standard InChI is InChI=1S/C12H20N4O/c1-4-5-8(2)7-17-12-15-9(3)6-10(16-12)11(13)14/h6,8H,4-5,7H2,1-3H3,(H3,13,14). The average molecular weight is 236 g/mol. The van der Waals surface area contributed by atoms with Gasteiger partial charge in [-0.2, -0.15) is 4.98 Å². The fourth-order valence-electron chi connectivity index (χ4n) is 1.54. The summed E-state index contributed by atoms with van der Waals surface area (Å²) in [5.74, 6) is 0.409. The van der Waals surface area contributed by atoms with Gasteiger partial charge in [0.25, 0.3) is 0 Å². The van der Waals surface area contributed by atoms with Gasteiger partial charge in [-0.05, 0) is 25.3 Å². The van der Waals surface area contributed by atoms with E-state index in [1.807, 2.05) is 6.92 Å². The van der Waals surface area contributed by atoms with Gasteiger partial charge in [-0.3, -0.25) is 5.41 Å². The number of ether oxygens (including phenoxy) is 1. The number of aromatic nitrogens is 2. The van der Waals surface area contributed by atoms with Crippen molar-refractivity contribution in [2.24, 2.45) is 11.7 Å². The van der Waals surface area contributed by atoms with Crippen molar-refractivity contribution in [2.45, 2.75) is 33.6 Å². The molecule has 0 spiro atoms. The number of rotatable bonds is 6. The molecule has 3 N–H and O–H groups in total. The third-order valence-corrected chi connectivity index (χ3v) is 2.39. The smallest absolute Gasteiger partial charge is 0.317 e. The van der Waals surface area contributed by atoms with Gasteiger partial charge < -0.3 is 10.5 Å². The zero-order valence-corrected chi connectivity index (χ0v) is 10.7. The van der Waals surface area contributed by atoms with Gasteiger partial charge >= 0.3 is 6.01 Å². The van der Waals surface area contributed by atoms with Crippen LogP contribution in [0.1, 0.15) is 38.1 Å². The fraction of sp³-hybridized carbons (Fsp3) is 0.583. The predicted octanol–water partition coefficient (Wildman–Crippen LogP) is 1.88. The van der Waals surface area contributed by atoms with Crippen LogP contribution >= 0.6 is 0 Å². The summed E-state index contributed by atoms with van der Waals surface area (Å²) in [6, 6.07) is 1.98. The third-order valence-electron chi connectivity index (χ3n) is 2.39. The van der Waals surface area contributed by atoms with Gasteiger partial charge in [-0.1, -0.05) is 20.3 Å². The molecule has 0 aromatic carbocycles. The lowest BCUT2D eigenvalue weighted by molar-refractivity contribution is 0.233. The maximum atomic E-state index is 7.34. The molecule has 0 saturated carbocycles. The van der Waals surface area contributed by atoms with Gasteiger partial charge in [-0.15, -0.1) is 0 Å². The molecular weight excluding hydrogens is 216 g/mol. The summed E-state index contributed by atoms with van der Waals surface area (Å²) < 4.78 is 5.52. The Hall–Kier alpha value is -1.65. The summed E-state index contributed by atoms with van der Waals surface area (Å²) in [6.45, 7) is 6.70. The van der Waals surface area contributed by atoms with E-state index in [-0.39, 0.29) is 5.84 Å². The average Bonchev–Trinajstić information content (AvgIpc) is 2.26. The lowest BCUT2D eigenvalue weighted by Crippen LogP contribution is -2.16. The minimum absolute atomic E-state index is 0.0676. The van der Waals surface area contributed by atoms with Crippen molar-refractivity contribution in [1.29, 1.82) is 5.41 Å². The first-order valence-corrected chi connectivity index (χ1v) is 5.85. The molecule has 0 radical (unpaired) electrons. The van der Waals surface area contributed by atoms with Crippen LogP contribution in [0.25, 0.3) is 0 Å². The van der Waals surface area contributed by atoms with E-state index in [0.29, 0.717) is 24.2 Å². The summed E-state index contributed by atoms with van der Waals surface area (Å²) in [4.78, 5) is 8.25. The van der Waals surface area contributed by atoms with Crippen LogP contribution in [0, 0.1) is 18.3 Å². The Bertz CT molecular complexity index is 392. The quantitative estimate of drug-likeness (QED) is 0.583. The monoisotopic (exact) mass is 236 g/mol. The second-order valence-electron chi connectivity index (χ2n) is 4.30. The van der Waals surface area contributed by atoms with E-state index < -0.39 is 0 Å². The van der Waals surface area contributed by atoms with Crippen molar-refractivity contribution in [3.63, 3.8) is 0 Å². The Balaban J connectivity index is 2.68. The van der Waals surface area contributed by atoms with Crippen molar-refractivity contribution >= 4 is 5.84 Å². The molecule has 5 nitrogen and oxygen atoms in total. The maximum absolute atomic E-state index is 7.34. The molecule has 0 bridgehead atoms. The molecule has 0 aliphatic carbocycles. The highest BCUT2D eigenvalue weighted by Gasteiger charge is 2.07. The molecule has 0 aliphatic heterocycles. The van der Waals surface area contributed by atoms with Gasteiger partial charge in [0.05, 0.1) is 6.61 Å². The number of nitrogens with zero attached hydrogens (tertiary/aromatic N) is 2. The van der Waals surface area contributed by atoms with E-state index in [1.54, 1.807) is 6.07 Å². The van der Waals surface area contributed by atoms with Crippen LogP contribution in [0.2, 0.25) is 0 Å². The van der Waals surface area contributed by atoms with Crippen LogP contribution < -0.4 is 10.5 Å². The largest absolute Gasteiger partial charge is 0.463 e. The second-order valence-corrected chi connectivity index (χ2v) is 4.30. The van der Waals surface area contributed by atoms with E-state index in [2.05, 4.69) is 23.8 Å². The number of amidine groups is 1. The van der Waals surface area contributed by atoms with Crippen LogP contribution in [0.15, 0.2) is 6.07 Å². The van der Waals surface area contributed by atoms with Crippen LogP contribution in [0.3, 0.4) is 0 Å². The van der Waals surface area contributed by atoms with Gasteiger partial charge in [0.1, 0.15) is 11.5 Å². The van der Waals surface area contributed by atoms with Crippen LogP contribution in [0.4, 0.5) is 0 Å². The van der Waals surface area contributed by atoms with Crippen molar-refractivity contribution < 1.29 is 4.74 Å². The molecule has 5 heteroatoms. The zero-order valence-electron chi connectivity index (χ0n) is 10.7. The Morgan fingerprint density at radius 3 is 2.82 bits per heavy atom. The number of hydrogen-bond acceptors (Lipinski definition) is 4. The summed E-state index contributed by atoms with van der Waals surface area (Å²) in [7, 11) is 0. The minimum atomic E-state index is -0.0676. The van der Waals surface area contributed by atoms with Crippen LogP contribution in [-0.4, -0.2) is 22.4 Å². The van der Waals surface area contributed by atoms with Gasteiger partial charge in [0, 0.05) is 5.69 Å². The number of nitrogen functional groups attached to an aromatic ring is 1. The highest BCUT2D eigenvalue weighted by Crippen LogP contribution is 2.10. The van der Waals surface area contributed by atoms with E-state index in [0.717, 1.165) is 18.5 Å². The molecule has 1 aromatic heterocycles. The number of hydrogen-bond donors (Lipinski definition) is 2. The summed E-state index contributed by atoms with van der Waals surface area (Å²) in [5, 5.41) is 7.34. The van der Waals surface area contributed by atoms with Crippen LogP contribution in [-0.2, 0) is 0 Å². The molecule has 1 unspecified atom stereocenters. The second kappa shape index (κ2) is 6.18. The van der Waals surface area contributed by atoms with E-state index in [1.165, 1.54) is 0 Å². The van der Waals surface area contributed by atoms with E-state index >= 15 is 0 Å². The minimum Gasteiger partial charge on any atom is -0.463 e. The summed E-state index contributed by atoms with van der Waals surface area (Å²) >= 11 is 0. The van der Waals surface area contributed by atoms with E-state index in [9.17, 15) is 0 Å². The Morgan fingerprint density at radius 1 is 1.53 bits per heavy atom. The highest BCUT2D eigenvalue weighted by molar-refractivity contribution is 5.93. The molecule has 0 fully saturated rings. The lowest BCUT2D eigenvalue weighted by atomic mass is 10.1. The molecule has 0 saturated heterocycles. The van der Waals surface area contributed by atoms with Crippen molar-refractivity contribution in [1.82, 2.24) is 9.97 Å². The molecule has 1 heterocycles. The first-order chi connectivity index (χ1) is 8.02. The summed E-state index contributed by atoms with van der Waals surface area (Å²) in [5.41, 5.74) is 6.56. The molecule has 94 valence electrons. The van der Waals surface area contributed by atoms with Crippen molar-refractivity contribution in [2.75, 3.05) is 6.61 Å². The normalized spacial score (nSPS) is 12.2. The van der Waals surface area contributed by atoms with Gasteiger partial charge in [0.15, 0.2) is 0 Å². The predicted molar refractivity (Wildman–Crippen MR) is 67.4 cm³/mol. The number of nitrogens with one attached hydrogen (secondary N) is 1. The summed E-state index contributed by atoms with van der Waals surface area (Å²) in [6.07, 6.45) is 2.25. The van der Waals surface area contributed by atoms with Crippen molar-refractivity contribution in [3.8, 4) is 6.01 Å². The fourth-order valence-corrected chi connectivity index (χ4v) is 1.54. The van der Waals surface area contributed by atoms with E-state index in [4.69, 9.17) is 15.9 Å². The first kappa shape index (κ1) is 13.4. The molecule has 1 rings (SSSR count). The highest BCUT2D eigenvalue weighted by atomic mass is 16.5.